The number of carbonyl (C=O) groups excluding carboxylic acids is 1. The van der Waals surface area contributed by atoms with Crippen LogP contribution in [0.3, 0.4) is 0 Å². The molecule has 0 bridgehead atoms. The lowest BCUT2D eigenvalue weighted by atomic mass is 10.2. The molecule has 0 saturated heterocycles. The highest BCUT2D eigenvalue weighted by molar-refractivity contribution is 5.91. The van der Waals surface area contributed by atoms with Crippen molar-refractivity contribution in [2.24, 2.45) is 0 Å². The maximum atomic E-state index is 12.7. The number of hydrogen-bond acceptors (Lipinski definition) is 7. The van der Waals surface area contributed by atoms with Gasteiger partial charge in [-0.2, -0.15) is 0 Å². The van der Waals surface area contributed by atoms with Gasteiger partial charge in [-0.3, -0.25) is 4.79 Å². The first kappa shape index (κ1) is 20.0. The molecule has 1 aromatic heterocycles. The summed E-state index contributed by atoms with van der Waals surface area (Å²) in [5.74, 6) is 1.54. The zero-order valence-corrected chi connectivity index (χ0v) is 16.8. The van der Waals surface area contributed by atoms with Crippen LogP contribution in [-0.4, -0.2) is 20.2 Å². The molecule has 0 spiro atoms. The SMILES string of the molecule is COc1ccc(Oc2coc3cc(OC(=O)c4ccc(OC)cc4)ccc3c2=O)cc1. The van der Waals surface area contributed by atoms with Crippen molar-refractivity contribution < 1.29 is 28.2 Å². The molecule has 7 heteroatoms. The fraction of sp³-hybridized carbons (Fsp3) is 0.0833. The summed E-state index contributed by atoms with van der Waals surface area (Å²) in [6, 6.07) is 17.9. The van der Waals surface area contributed by atoms with Crippen molar-refractivity contribution in [3.05, 3.63) is 88.8 Å². The Morgan fingerprint density at radius 3 is 2.00 bits per heavy atom. The number of rotatable bonds is 6. The summed E-state index contributed by atoms with van der Waals surface area (Å²) in [5.41, 5.74) is 0.294. The number of carbonyl (C=O) groups is 1. The van der Waals surface area contributed by atoms with E-state index in [1.165, 1.54) is 24.5 Å². The Balaban J connectivity index is 1.54. The molecule has 0 radical (unpaired) electrons. The summed E-state index contributed by atoms with van der Waals surface area (Å²) in [4.78, 5) is 25.1. The molecule has 0 amide bonds. The maximum Gasteiger partial charge on any atom is 0.343 e. The van der Waals surface area contributed by atoms with E-state index in [9.17, 15) is 9.59 Å². The highest BCUT2D eigenvalue weighted by atomic mass is 16.5. The monoisotopic (exact) mass is 418 g/mol. The molecule has 4 rings (SSSR count). The van der Waals surface area contributed by atoms with Crippen molar-refractivity contribution in [2.45, 2.75) is 0 Å². The molecule has 0 unspecified atom stereocenters. The number of methoxy groups -OCH3 is 2. The highest BCUT2D eigenvalue weighted by Gasteiger charge is 2.13. The van der Waals surface area contributed by atoms with Crippen molar-refractivity contribution in [1.82, 2.24) is 0 Å². The molecule has 0 aliphatic carbocycles. The van der Waals surface area contributed by atoms with Crippen LogP contribution < -0.4 is 24.4 Å². The van der Waals surface area contributed by atoms with Crippen LogP contribution in [-0.2, 0) is 0 Å². The van der Waals surface area contributed by atoms with Crippen molar-refractivity contribution in [1.29, 1.82) is 0 Å². The number of hydrogen-bond donors (Lipinski definition) is 0. The van der Waals surface area contributed by atoms with Crippen LogP contribution in [0.15, 0.2) is 82.2 Å². The summed E-state index contributed by atoms with van der Waals surface area (Å²) < 4.78 is 26.7. The van der Waals surface area contributed by atoms with Gasteiger partial charge in [-0.05, 0) is 60.7 Å². The van der Waals surface area contributed by atoms with E-state index in [4.69, 9.17) is 23.4 Å². The number of esters is 1. The third kappa shape index (κ3) is 4.35. The molecular formula is C24H18O7. The van der Waals surface area contributed by atoms with Gasteiger partial charge in [0, 0.05) is 6.07 Å². The van der Waals surface area contributed by atoms with E-state index in [-0.39, 0.29) is 22.5 Å². The van der Waals surface area contributed by atoms with Crippen molar-refractivity contribution in [3.8, 4) is 28.7 Å². The Bertz CT molecular complexity index is 1270. The first-order chi connectivity index (χ1) is 15.1. The van der Waals surface area contributed by atoms with Gasteiger partial charge in [0.2, 0.25) is 11.2 Å². The minimum atomic E-state index is -0.538. The molecule has 0 fully saturated rings. The molecule has 0 saturated carbocycles. The van der Waals surface area contributed by atoms with E-state index in [1.54, 1.807) is 62.8 Å². The van der Waals surface area contributed by atoms with Gasteiger partial charge < -0.3 is 23.4 Å². The van der Waals surface area contributed by atoms with E-state index in [2.05, 4.69) is 0 Å². The lowest BCUT2D eigenvalue weighted by Gasteiger charge is -2.08. The van der Waals surface area contributed by atoms with Crippen LogP contribution in [0.4, 0.5) is 0 Å². The molecule has 4 aromatic rings. The predicted molar refractivity (Wildman–Crippen MR) is 114 cm³/mol. The quantitative estimate of drug-likeness (QED) is 0.328. The molecule has 1 heterocycles. The second kappa shape index (κ2) is 8.62. The smallest absolute Gasteiger partial charge is 0.343 e. The van der Waals surface area contributed by atoms with Gasteiger partial charge in [0.05, 0.1) is 25.2 Å². The van der Waals surface area contributed by atoms with Crippen LogP contribution >= 0.6 is 0 Å². The maximum absolute atomic E-state index is 12.7. The Hall–Kier alpha value is -4.26. The second-order valence-electron chi connectivity index (χ2n) is 6.48. The summed E-state index contributed by atoms with van der Waals surface area (Å²) in [5, 5.41) is 0.301. The van der Waals surface area contributed by atoms with Gasteiger partial charge in [-0.1, -0.05) is 0 Å². The first-order valence-corrected chi connectivity index (χ1v) is 9.31. The Kier molecular flexibility index (Phi) is 5.57. The van der Waals surface area contributed by atoms with Gasteiger partial charge in [0.25, 0.3) is 0 Å². The average Bonchev–Trinajstić information content (AvgIpc) is 2.81. The average molecular weight is 418 g/mol. The molecule has 0 aliphatic rings. The van der Waals surface area contributed by atoms with Gasteiger partial charge in [0.1, 0.15) is 34.8 Å². The van der Waals surface area contributed by atoms with E-state index in [0.29, 0.717) is 28.2 Å². The second-order valence-corrected chi connectivity index (χ2v) is 6.48. The Labute approximate surface area is 177 Å². The summed E-state index contributed by atoms with van der Waals surface area (Å²) in [6.45, 7) is 0. The lowest BCUT2D eigenvalue weighted by molar-refractivity contribution is 0.0735. The van der Waals surface area contributed by atoms with Crippen LogP contribution in [0, 0.1) is 0 Å². The van der Waals surface area contributed by atoms with E-state index >= 15 is 0 Å². The third-order valence-corrected chi connectivity index (χ3v) is 4.54. The number of fused-ring (bicyclic) bond motifs is 1. The van der Waals surface area contributed by atoms with Gasteiger partial charge in [0.15, 0.2) is 0 Å². The fourth-order valence-corrected chi connectivity index (χ4v) is 2.89. The Morgan fingerprint density at radius 2 is 1.35 bits per heavy atom. The number of ether oxygens (including phenoxy) is 4. The molecule has 0 N–H and O–H groups in total. The largest absolute Gasteiger partial charge is 0.497 e. The van der Waals surface area contributed by atoms with E-state index in [1.807, 2.05) is 0 Å². The first-order valence-electron chi connectivity index (χ1n) is 9.31. The lowest BCUT2D eigenvalue weighted by Crippen LogP contribution is -2.09. The van der Waals surface area contributed by atoms with Crippen LogP contribution in [0.5, 0.6) is 28.7 Å². The van der Waals surface area contributed by atoms with Crippen LogP contribution in [0.1, 0.15) is 10.4 Å². The topological polar surface area (TPSA) is 84.2 Å². The zero-order chi connectivity index (χ0) is 21.8. The van der Waals surface area contributed by atoms with Crippen molar-refractivity contribution in [3.63, 3.8) is 0 Å². The molecule has 156 valence electrons. The third-order valence-electron chi connectivity index (χ3n) is 4.54. The van der Waals surface area contributed by atoms with E-state index in [0.717, 1.165) is 0 Å². The predicted octanol–water partition coefficient (Wildman–Crippen LogP) is 4.82. The van der Waals surface area contributed by atoms with Crippen LogP contribution in [0.2, 0.25) is 0 Å². The van der Waals surface area contributed by atoms with Gasteiger partial charge >= 0.3 is 5.97 Å². The molecule has 31 heavy (non-hydrogen) atoms. The molecule has 0 aliphatic heterocycles. The Morgan fingerprint density at radius 1 is 0.774 bits per heavy atom. The fourth-order valence-electron chi connectivity index (χ4n) is 2.89. The van der Waals surface area contributed by atoms with Crippen molar-refractivity contribution in [2.75, 3.05) is 14.2 Å². The minimum absolute atomic E-state index is 0.0423. The van der Waals surface area contributed by atoms with Gasteiger partial charge in [-0.25, -0.2) is 4.79 Å². The zero-order valence-electron chi connectivity index (χ0n) is 16.8. The molecule has 0 atom stereocenters. The summed E-state index contributed by atoms with van der Waals surface area (Å²) in [6.07, 6.45) is 1.23. The minimum Gasteiger partial charge on any atom is -0.497 e. The van der Waals surface area contributed by atoms with Gasteiger partial charge in [-0.15, -0.1) is 0 Å². The van der Waals surface area contributed by atoms with Crippen molar-refractivity contribution >= 4 is 16.9 Å². The highest BCUT2D eigenvalue weighted by Crippen LogP contribution is 2.26. The standard InChI is InChI=1S/C24H18O7/c1-27-16-5-3-15(4-6-16)24(26)31-19-11-12-20-21(13-19)29-14-22(23(20)25)30-18-9-7-17(28-2)8-10-18/h3-14H,1-2H3. The number of benzene rings is 3. The van der Waals surface area contributed by atoms with Crippen LogP contribution in [0.25, 0.3) is 11.0 Å². The van der Waals surface area contributed by atoms with E-state index < -0.39 is 5.97 Å². The normalized spacial score (nSPS) is 10.5. The molecule has 3 aromatic carbocycles. The molecule has 7 nitrogen and oxygen atoms in total. The summed E-state index contributed by atoms with van der Waals surface area (Å²) >= 11 is 0. The summed E-state index contributed by atoms with van der Waals surface area (Å²) in [7, 11) is 3.11. The molecular weight excluding hydrogens is 400 g/mol.